The van der Waals surface area contributed by atoms with E-state index in [0.717, 1.165) is 17.1 Å². The van der Waals surface area contributed by atoms with Crippen molar-refractivity contribution in [3.8, 4) is 11.5 Å². The lowest BCUT2D eigenvalue weighted by Crippen LogP contribution is -2.37. The van der Waals surface area contributed by atoms with Gasteiger partial charge in [0.1, 0.15) is 11.5 Å². The van der Waals surface area contributed by atoms with Crippen molar-refractivity contribution in [1.29, 1.82) is 0 Å². The van der Waals surface area contributed by atoms with Gasteiger partial charge in [0.2, 0.25) is 5.91 Å². The number of benzene rings is 3. The first kappa shape index (κ1) is 17.1. The number of fused-ring (bicyclic) bond motifs is 1. The highest BCUT2D eigenvalue weighted by Gasteiger charge is 2.28. The number of hydrogen-bond donors (Lipinski definition) is 0. The number of carbonyl (C=O) groups excluding carboxylic acids is 1. The minimum atomic E-state index is -0.0359. The van der Waals surface area contributed by atoms with Gasteiger partial charge < -0.3 is 9.64 Å². The minimum absolute atomic E-state index is 0.0359. The van der Waals surface area contributed by atoms with Gasteiger partial charge in [-0.1, -0.05) is 61.2 Å². The van der Waals surface area contributed by atoms with E-state index in [1.54, 1.807) is 0 Å². The molecule has 0 N–H and O–H groups in total. The molecule has 0 bridgehead atoms. The van der Waals surface area contributed by atoms with Crippen LogP contribution in [0.4, 0.5) is 0 Å². The Morgan fingerprint density at radius 2 is 1.67 bits per heavy atom. The fourth-order valence-corrected chi connectivity index (χ4v) is 3.59. The predicted octanol–water partition coefficient (Wildman–Crippen LogP) is 5.14. The summed E-state index contributed by atoms with van der Waals surface area (Å²) in [5.74, 6) is 1.70. The summed E-state index contributed by atoms with van der Waals surface area (Å²) < 4.78 is 6.03. The van der Waals surface area contributed by atoms with Gasteiger partial charge in [0.15, 0.2) is 0 Å². The van der Waals surface area contributed by atoms with Crippen molar-refractivity contribution < 1.29 is 9.53 Å². The lowest BCUT2D eigenvalue weighted by molar-refractivity contribution is -0.127. The van der Waals surface area contributed by atoms with E-state index in [4.69, 9.17) is 4.74 Å². The number of amides is 1. The van der Waals surface area contributed by atoms with Crippen LogP contribution in [0.3, 0.4) is 0 Å². The second kappa shape index (κ2) is 7.50. The highest BCUT2D eigenvalue weighted by molar-refractivity contribution is 5.87. The molecule has 3 aromatic carbocycles. The van der Waals surface area contributed by atoms with E-state index in [9.17, 15) is 4.79 Å². The lowest BCUT2D eigenvalue weighted by Gasteiger charge is -2.34. The standard InChI is InChI=1S/C24H21NO2/c1-2-24(26)25-16-19-13-14-21(27-20-11-7-4-8-12-20)15-22(19)23(17-25)18-9-5-3-6-10-18/h2-15,23H,1,16-17H2/t23-/m0/s1. The number of para-hydroxylation sites is 1. The van der Waals surface area contributed by atoms with Gasteiger partial charge in [-0.25, -0.2) is 0 Å². The van der Waals surface area contributed by atoms with Crippen molar-refractivity contribution in [1.82, 2.24) is 4.90 Å². The van der Waals surface area contributed by atoms with Gasteiger partial charge in [0.05, 0.1) is 0 Å². The van der Waals surface area contributed by atoms with E-state index < -0.39 is 0 Å². The van der Waals surface area contributed by atoms with Crippen molar-refractivity contribution >= 4 is 5.91 Å². The Balaban J connectivity index is 1.72. The summed E-state index contributed by atoms with van der Waals surface area (Å²) in [6.07, 6.45) is 1.39. The summed E-state index contributed by atoms with van der Waals surface area (Å²) in [5.41, 5.74) is 3.55. The van der Waals surface area contributed by atoms with Gasteiger partial charge in [-0.05, 0) is 47.0 Å². The van der Waals surface area contributed by atoms with Gasteiger partial charge in [-0.15, -0.1) is 0 Å². The monoisotopic (exact) mass is 355 g/mol. The molecule has 0 saturated carbocycles. The van der Waals surface area contributed by atoms with Crippen LogP contribution in [0.5, 0.6) is 11.5 Å². The second-order valence-electron chi connectivity index (χ2n) is 6.66. The van der Waals surface area contributed by atoms with E-state index in [2.05, 4.69) is 30.8 Å². The van der Waals surface area contributed by atoms with Crippen LogP contribution < -0.4 is 4.74 Å². The summed E-state index contributed by atoms with van der Waals surface area (Å²) in [5, 5.41) is 0. The van der Waals surface area contributed by atoms with Gasteiger partial charge >= 0.3 is 0 Å². The number of carbonyl (C=O) groups is 1. The van der Waals surface area contributed by atoms with Crippen molar-refractivity contribution in [2.45, 2.75) is 12.5 Å². The third kappa shape index (κ3) is 3.63. The number of nitrogens with zero attached hydrogens (tertiary/aromatic N) is 1. The van der Waals surface area contributed by atoms with E-state index in [0.29, 0.717) is 13.1 Å². The van der Waals surface area contributed by atoms with E-state index in [-0.39, 0.29) is 11.8 Å². The molecule has 1 aliphatic heterocycles. The van der Waals surface area contributed by atoms with E-state index >= 15 is 0 Å². The zero-order valence-corrected chi connectivity index (χ0v) is 15.0. The molecule has 27 heavy (non-hydrogen) atoms. The van der Waals surface area contributed by atoms with Crippen LogP contribution in [0.25, 0.3) is 0 Å². The van der Waals surface area contributed by atoms with Gasteiger partial charge in [-0.2, -0.15) is 0 Å². The fourth-order valence-electron chi connectivity index (χ4n) is 3.59. The molecule has 134 valence electrons. The first-order valence-electron chi connectivity index (χ1n) is 9.06. The molecule has 0 radical (unpaired) electrons. The molecule has 1 aliphatic rings. The normalized spacial score (nSPS) is 15.7. The molecule has 0 aromatic heterocycles. The Hall–Kier alpha value is -3.33. The van der Waals surface area contributed by atoms with Crippen LogP contribution in [-0.2, 0) is 11.3 Å². The quantitative estimate of drug-likeness (QED) is 0.607. The molecule has 1 amide bonds. The first-order chi connectivity index (χ1) is 13.2. The summed E-state index contributed by atoms with van der Waals surface area (Å²) in [6, 6.07) is 26.2. The summed E-state index contributed by atoms with van der Waals surface area (Å²) >= 11 is 0. The number of hydrogen-bond acceptors (Lipinski definition) is 2. The van der Waals surface area contributed by atoms with Crippen molar-refractivity contribution in [2.24, 2.45) is 0 Å². The van der Waals surface area contributed by atoms with Crippen LogP contribution in [0.1, 0.15) is 22.6 Å². The van der Waals surface area contributed by atoms with Crippen LogP contribution >= 0.6 is 0 Å². The van der Waals surface area contributed by atoms with Crippen molar-refractivity contribution in [2.75, 3.05) is 6.54 Å². The summed E-state index contributed by atoms with van der Waals surface area (Å²) in [6.45, 7) is 4.87. The largest absolute Gasteiger partial charge is 0.457 e. The smallest absolute Gasteiger partial charge is 0.246 e. The Kier molecular flexibility index (Phi) is 4.75. The predicted molar refractivity (Wildman–Crippen MR) is 107 cm³/mol. The zero-order chi connectivity index (χ0) is 18.6. The van der Waals surface area contributed by atoms with Gasteiger partial charge in [-0.3, -0.25) is 4.79 Å². The van der Waals surface area contributed by atoms with Crippen molar-refractivity contribution in [3.63, 3.8) is 0 Å². The van der Waals surface area contributed by atoms with Crippen LogP contribution in [0.15, 0.2) is 91.5 Å². The third-order valence-corrected chi connectivity index (χ3v) is 4.92. The van der Waals surface area contributed by atoms with Crippen LogP contribution in [0, 0.1) is 0 Å². The SMILES string of the molecule is C=CC(=O)N1Cc2ccc(Oc3ccccc3)cc2[C@H](c2ccccc2)C1. The molecule has 4 rings (SSSR count). The molecular weight excluding hydrogens is 334 g/mol. The average molecular weight is 355 g/mol. The average Bonchev–Trinajstić information content (AvgIpc) is 2.74. The van der Waals surface area contributed by atoms with Crippen LogP contribution in [0.2, 0.25) is 0 Å². The molecule has 0 spiro atoms. The number of rotatable bonds is 4. The molecule has 0 fully saturated rings. The molecule has 0 saturated heterocycles. The Morgan fingerprint density at radius 3 is 2.37 bits per heavy atom. The topological polar surface area (TPSA) is 29.5 Å². The Bertz CT molecular complexity index is 951. The molecule has 1 heterocycles. The summed E-state index contributed by atoms with van der Waals surface area (Å²) in [4.78, 5) is 14.1. The molecule has 3 heteroatoms. The maximum absolute atomic E-state index is 12.2. The van der Waals surface area contributed by atoms with Crippen molar-refractivity contribution in [3.05, 3.63) is 108 Å². The Labute approximate surface area is 159 Å². The molecule has 0 aliphatic carbocycles. The second-order valence-corrected chi connectivity index (χ2v) is 6.66. The summed E-state index contributed by atoms with van der Waals surface area (Å²) in [7, 11) is 0. The molecule has 3 nitrogen and oxygen atoms in total. The van der Waals surface area contributed by atoms with Crippen LogP contribution in [-0.4, -0.2) is 17.4 Å². The third-order valence-electron chi connectivity index (χ3n) is 4.92. The Morgan fingerprint density at radius 1 is 0.963 bits per heavy atom. The first-order valence-corrected chi connectivity index (χ1v) is 9.06. The maximum atomic E-state index is 12.2. The highest BCUT2D eigenvalue weighted by atomic mass is 16.5. The molecule has 3 aromatic rings. The van der Waals surface area contributed by atoms with E-state index in [1.165, 1.54) is 17.2 Å². The number of ether oxygens (including phenoxy) is 1. The molecule has 1 atom stereocenters. The van der Waals surface area contributed by atoms with E-state index in [1.807, 2.05) is 59.5 Å². The highest BCUT2D eigenvalue weighted by Crippen LogP contribution is 2.36. The lowest BCUT2D eigenvalue weighted by atomic mass is 9.84. The maximum Gasteiger partial charge on any atom is 0.246 e. The van der Waals surface area contributed by atoms with Gasteiger partial charge in [0.25, 0.3) is 0 Å². The molecule has 0 unspecified atom stereocenters. The zero-order valence-electron chi connectivity index (χ0n) is 15.0. The molecular formula is C24H21NO2. The fraction of sp³-hybridized carbons (Fsp3) is 0.125. The van der Waals surface area contributed by atoms with Gasteiger partial charge in [0, 0.05) is 19.0 Å². The minimum Gasteiger partial charge on any atom is -0.457 e.